The van der Waals surface area contributed by atoms with Gasteiger partial charge in [-0.2, -0.15) is 0 Å². The minimum absolute atomic E-state index is 0.240. The number of nitrogens with zero attached hydrogens (tertiary/aromatic N) is 4. The van der Waals surface area contributed by atoms with Crippen LogP contribution in [0.5, 0.6) is 0 Å². The summed E-state index contributed by atoms with van der Waals surface area (Å²) >= 11 is 0. The van der Waals surface area contributed by atoms with Crippen molar-refractivity contribution in [1.29, 1.82) is 0 Å². The zero-order chi connectivity index (χ0) is 21.4. The first kappa shape index (κ1) is 23.0. The quantitative estimate of drug-likeness (QED) is 0.543. The van der Waals surface area contributed by atoms with Gasteiger partial charge in [-0.3, -0.25) is 0 Å². The summed E-state index contributed by atoms with van der Waals surface area (Å²) < 4.78 is 31.4. The number of amides is 1. The number of hydrogen-bond acceptors (Lipinski definition) is 5. The molecule has 10 heteroatoms. The summed E-state index contributed by atoms with van der Waals surface area (Å²) in [6.07, 6.45) is -0.295. The van der Waals surface area contributed by atoms with Crippen molar-refractivity contribution in [2.75, 3.05) is 53.4 Å². The van der Waals surface area contributed by atoms with E-state index in [-0.39, 0.29) is 17.5 Å². The van der Waals surface area contributed by atoms with Gasteiger partial charge in [0.1, 0.15) is 0 Å². The molecule has 0 aromatic heterocycles. The zero-order valence-electron chi connectivity index (χ0n) is 17.6. The number of nitrogens with one attached hydrogen (secondary N) is 1. The molecule has 1 amide bonds. The maximum absolute atomic E-state index is 12.6. The number of piperazine rings is 1. The van der Waals surface area contributed by atoms with Crippen LogP contribution in [0.1, 0.15) is 19.4 Å². The Morgan fingerprint density at radius 3 is 2.34 bits per heavy atom. The summed E-state index contributed by atoms with van der Waals surface area (Å²) in [6.45, 7) is 7.41. The van der Waals surface area contributed by atoms with Crippen LogP contribution in [-0.4, -0.2) is 88.0 Å². The SMILES string of the molecule is CCNC(=NCc1ccccc1S(=O)(=O)N(C)C)N1CCN(C(=O)OCC)CC1. The van der Waals surface area contributed by atoms with Crippen molar-refractivity contribution in [2.24, 2.45) is 4.99 Å². The van der Waals surface area contributed by atoms with Gasteiger partial charge in [0.2, 0.25) is 10.0 Å². The molecule has 0 atom stereocenters. The number of guanidine groups is 1. The third kappa shape index (κ3) is 5.83. The lowest BCUT2D eigenvalue weighted by Gasteiger charge is -2.35. The van der Waals surface area contributed by atoms with Crippen LogP contribution in [-0.2, 0) is 21.3 Å². The maximum atomic E-state index is 12.6. The molecule has 0 aliphatic carbocycles. The molecule has 162 valence electrons. The minimum Gasteiger partial charge on any atom is -0.450 e. The molecular formula is C19H31N5O4S. The smallest absolute Gasteiger partial charge is 0.409 e. The van der Waals surface area contributed by atoms with E-state index in [0.29, 0.717) is 50.9 Å². The van der Waals surface area contributed by atoms with Gasteiger partial charge in [-0.15, -0.1) is 0 Å². The fourth-order valence-corrected chi connectivity index (χ4v) is 4.09. The molecule has 1 aliphatic heterocycles. The number of rotatable bonds is 6. The van der Waals surface area contributed by atoms with Crippen LogP contribution in [0.2, 0.25) is 0 Å². The second kappa shape index (κ2) is 10.4. The van der Waals surface area contributed by atoms with Gasteiger partial charge >= 0.3 is 6.09 Å². The Kier molecular flexibility index (Phi) is 8.27. The highest BCUT2D eigenvalue weighted by Crippen LogP contribution is 2.19. The van der Waals surface area contributed by atoms with E-state index in [1.807, 2.05) is 13.0 Å². The van der Waals surface area contributed by atoms with Gasteiger partial charge in [0, 0.05) is 46.8 Å². The molecule has 29 heavy (non-hydrogen) atoms. The van der Waals surface area contributed by atoms with Crippen molar-refractivity contribution >= 4 is 22.1 Å². The number of benzene rings is 1. The van der Waals surface area contributed by atoms with Gasteiger partial charge in [0.05, 0.1) is 18.0 Å². The van der Waals surface area contributed by atoms with Crippen LogP contribution < -0.4 is 5.32 Å². The predicted molar refractivity (Wildman–Crippen MR) is 112 cm³/mol. The van der Waals surface area contributed by atoms with Gasteiger partial charge in [0.25, 0.3) is 0 Å². The van der Waals surface area contributed by atoms with E-state index >= 15 is 0 Å². The monoisotopic (exact) mass is 425 g/mol. The van der Waals surface area contributed by atoms with E-state index in [9.17, 15) is 13.2 Å². The van der Waals surface area contributed by atoms with Gasteiger partial charge in [-0.25, -0.2) is 22.5 Å². The van der Waals surface area contributed by atoms with E-state index in [4.69, 9.17) is 4.74 Å². The second-order valence-electron chi connectivity index (χ2n) is 6.74. The molecule has 0 saturated carbocycles. The summed E-state index contributed by atoms with van der Waals surface area (Å²) in [4.78, 5) is 20.6. The Morgan fingerprint density at radius 1 is 1.14 bits per heavy atom. The Labute approximate surface area is 173 Å². The van der Waals surface area contributed by atoms with Crippen molar-refractivity contribution in [1.82, 2.24) is 19.4 Å². The fraction of sp³-hybridized carbons (Fsp3) is 0.579. The molecule has 0 radical (unpaired) electrons. The Hall–Kier alpha value is -2.33. The van der Waals surface area contributed by atoms with Crippen LogP contribution in [0.25, 0.3) is 0 Å². The first-order valence-electron chi connectivity index (χ1n) is 9.76. The normalized spacial score (nSPS) is 15.6. The van der Waals surface area contributed by atoms with Crippen LogP contribution in [0.3, 0.4) is 0 Å². The number of hydrogen-bond donors (Lipinski definition) is 1. The van der Waals surface area contributed by atoms with Gasteiger partial charge in [0.15, 0.2) is 5.96 Å². The van der Waals surface area contributed by atoms with Gasteiger partial charge < -0.3 is 19.9 Å². The lowest BCUT2D eigenvalue weighted by Crippen LogP contribution is -2.53. The molecule has 1 N–H and O–H groups in total. The van der Waals surface area contributed by atoms with Gasteiger partial charge in [-0.1, -0.05) is 18.2 Å². The van der Waals surface area contributed by atoms with Crippen LogP contribution in [0.15, 0.2) is 34.2 Å². The molecule has 0 unspecified atom stereocenters. The standard InChI is InChI=1S/C19H31N5O4S/c1-5-20-18(23-11-13-24(14-12-23)19(25)28-6-2)21-15-16-9-7-8-10-17(16)29(26,27)22(3)4/h7-10H,5-6,11-15H2,1-4H3,(H,20,21). The van der Waals surface area contributed by atoms with E-state index in [0.717, 1.165) is 0 Å². The number of carbonyl (C=O) groups is 1. The van der Waals surface area contributed by atoms with Crippen molar-refractivity contribution in [3.63, 3.8) is 0 Å². The summed E-state index contributed by atoms with van der Waals surface area (Å²) in [7, 11) is -0.510. The molecule has 1 aliphatic rings. The highest BCUT2D eigenvalue weighted by molar-refractivity contribution is 7.89. The Bertz CT molecular complexity index is 818. The first-order chi connectivity index (χ1) is 13.8. The first-order valence-corrected chi connectivity index (χ1v) is 11.2. The third-order valence-corrected chi connectivity index (χ3v) is 6.49. The number of aliphatic imine (C=N–C) groups is 1. The highest BCUT2D eigenvalue weighted by atomic mass is 32.2. The predicted octanol–water partition coefficient (Wildman–Crippen LogP) is 1.18. The number of ether oxygens (including phenoxy) is 1. The number of carbonyl (C=O) groups excluding carboxylic acids is 1. The molecule has 1 heterocycles. The van der Waals surface area contributed by atoms with E-state index in [1.54, 1.807) is 30.0 Å². The Balaban J connectivity index is 2.15. The maximum Gasteiger partial charge on any atom is 0.409 e. The van der Waals surface area contributed by atoms with Gasteiger partial charge in [-0.05, 0) is 25.5 Å². The van der Waals surface area contributed by atoms with Crippen molar-refractivity contribution in [2.45, 2.75) is 25.3 Å². The fourth-order valence-electron chi connectivity index (χ4n) is 2.98. The average Bonchev–Trinajstić information content (AvgIpc) is 2.71. The van der Waals surface area contributed by atoms with E-state index in [2.05, 4.69) is 15.2 Å². The molecule has 0 bridgehead atoms. The van der Waals surface area contributed by atoms with E-state index < -0.39 is 10.0 Å². The lowest BCUT2D eigenvalue weighted by molar-refractivity contribution is 0.0914. The van der Waals surface area contributed by atoms with Crippen molar-refractivity contribution in [3.05, 3.63) is 29.8 Å². The molecular weight excluding hydrogens is 394 g/mol. The summed E-state index contributed by atoms with van der Waals surface area (Å²) in [6, 6.07) is 6.90. The van der Waals surface area contributed by atoms with Crippen molar-refractivity contribution < 1.29 is 17.9 Å². The van der Waals surface area contributed by atoms with Crippen LogP contribution in [0.4, 0.5) is 4.79 Å². The minimum atomic E-state index is -3.54. The van der Waals surface area contributed by atoms with Crippen LogP contribution >= 0.6 is 0 Å². The summed E-state index contributed by atoms with van der Waals surface area (Å²) in [5.74, 6) is 0.702. The molecule has 1 fully saturated rings. The highest BCUT2D eigenvalue weighted by Gasteiger charge is 2.24. The number of sulfonamides is 1. The summed E-state index contributed by atoms with van der Waals surface area (Å²) in [5.41, 5.74) is 0.641. The zero-order valence-corrected chi connectivity index (χ0v) is 18.4. The molecule has 1 saturated heterocycles. The largest absolute Gasteiger partial charge is 0.450 e. The molecule has 2 rings (SSSR count). The van der Waals surface area contributed by atoms with Crippen molar-refractivity contribution in [3.8, 4) is 0 Å². The molecule has 9 nitrogen and oxygen atoms in total. The molecule has 1 aromatic carbocycles. The average molecular weight is 426 g/mol. The Morgan fingerprint density at radius 2 is 1.76 bits per heavy atom. The molecule has 0 spiro atoms. The second-order valence-corrected chi connectivity index (χ2v) is 8.86. The topological polar surface area (TPSA) is 94.5 Å². The van der Waals surface area contributed by atoms with Crippen LogP contribution in [0, 0.1) is 0 Å². The lowest BCUT2D eigenvalue weighted by atomic mass is 10.2. The molecule has 1 aromatic rings. The summed E-state index contributed by atoms with van der Waals surface area (Å²) in [5, 5.41) is 3.25. The third-order valence-electron chi connectivity index (χ3n) is 4.57. The van der Waals surface area contributed by atoms with E-state index in [1.165, 1.54) is 18.4 Å².